The minimum absolute atomic E-state index is 0.116. The number of carbonyl (C=O) groups is 1. The van der Waals surface area contributed by atoms with Crippen LogP contribution in [0.5, 0.6) is 0 Å². The maximum absolute atomic E-state index is 12.4. The van der Waals surface area contributed by atoms with Crippen LogP contribution in [0, 0.1) is 24.2 Å². The van der Waals surface area contributed by atoms with Crippen molar-refractivity contribution in [1.82, 2.24) is 10.3 Å². The van der Waals surface area contributed by atoms with Gasteiger partial charge in [0.2, 0.25) is 5.91 Å². The van der Waals surface area contributed by atoms with E-state index in [0.29, 0.717) is 18.0 Å². The van der Waals surface area contributed by atoms with Crippen LogP contribution < -0.4 is 10.2 Å². The molecule has 1 atom stereocenters. The Labute approximate surface area is 137 Å². The lowest BCUT2D eigenvalue weighted by atomic mass is 9.84. The molecular formula is C18H24N4O. The van der Waals surface area contributed by atoms with Gasteiger partial charge < -0.3 is 10.2 Å². The largest absolute Gasteiger partial charge is 0.353 e. The number of hydrogen-bond donors (Lipinski definition) is 1. The molecule has 1 amide bonds. The summed E-state index contributed by atoms with van der Waals surface area (Å²) in [6, 6.07) is 5.70. The average Bonchev–Trinajstić information content (AvgIpc) is 2.57. The zero-order valence-corrected chi connectivity index (χ0v) is 13.7. The molecule has 2 fully saturated rings. The first-order valence-electron chi connectivity index (χ1n) is 8.61. The van der Waals surface area contributed by atoms with E-state index in [9.17, 15) is 4.79 Å². The molecule has 5 heteroatoms. The molecule has 2 heterocycles. The molecule has 1 aliphatic heterocycles. The van der Waals surface area contributed by atoms with Gasteiger partial charge >= 0.3 is 0 Å². The molecule has 0 aromatic carbocycles. The van der Waals surface area contributed by atoms with E-state index < -0.39 is 0 Å². The molecule has 1 aromatic heterocycles. The maximum atomic E-state index is 12.4. The van der Waals surface area contributed by atoms with Crippen LogP contribution in [-0.2, 0) is 4.79 Å². The molecule has 1 aromatic rings. The van der Waals surface area contributed by atoms with Crippen LogP contribution in [0.2, 0.25) is 0 Å². The van der Waals surface area contributed by atoms with Crippen molar-refractivity contribution in [3.63, 3.8) is 0 Å². The van der Waals surface area contributed by atoms with Gasteiger partial charge in [-0.3, -0.25) is 4.79 Å². The van der Waals surface area contributed by atoms with Gasteiger partial charge in [-0.15, -0.1) is 0 Å². The zero-order chi connectivity index (χ0) is 16.2. The van der Waals surface area contributed by atoms with Crippen molar-refractivity contribution < 1.29 is 4.79 Å². The van der Waals surface area contributed by atoms with Gasteiger partial charge in [-0.2, -0.15) is 5.26 Å². The van der Waals surface area contributed by atoms with Gasteiger partial charge in [0.05, 0.1) is 11.3 Å². The Balaban J connectivity index is 1.81. The first-order chi connectivity index (χ1) is 11.2. The van der Waals surface area contributed by atoms with Crippen LogP contribution in [0.15, 0.2) is 12.1 Å². The fraction of sp³-hybridized carbons (Fsp3) is 0.611. The number of amides is 1. The average molecular weight is 312 g/mol. The quantitative estimate of drug-likeness (QED) is 0.931. The summed E-state index contributed by atoms with van der Waals surface area (Å²) in [5.41, 5.74) is 1.33. The predicted octanol–water partition coefficient (Wildman–Crippen LogP) is 2.54. The number of nitrogens with one attached hydrogen (secondary N) is 1. The van der Waals surface area contributed by atoms with E-state index in [-0.39, 0.29) is 11.9 Å². The van der Waals surface area contributed by atoms with Gasteiger partial charge in [0.25, 0.3) is 0 Å². The van der Waals surface area contributed by atoms with Crippen LogP contribution in [-0.4, -0.2) is 30.0 Å². The molecule has 1 saturated heterocycles. The van der Waals surface area contributed by atoms with Crippen molar-refractivity contribution in [2.75, 3.05) is 18.0 Å². The van der Waals surface area contributed by atoms with Crippen molar-refractivity contribution >= 4 is 11.7 Å². The minimum Gasteiger partial charge on any atom is -0.353 e. The normalized spacial score (nSPS) is 22.5. The van der Waals surface area contributed by atoms with Gasteiger partial charge in [-0.25, -0.2) is 4.98 Å². The molecule has 0 bridgehead atoms. The minimum atomic E-state index is -0.133. The van der Waals surface area contributed by atoms with Crippen LogP contribution in [0.4, 0.5) is 5.82 Å². The van der Waals surface area contributed by atoms with Gasteiger partial charge in [-0.1, -0.05) is 32.1 Å². The number of carbonyl (C=O) groups excluding carboxylic acids is 1. The highest BCUT2D eigenvalue weighted by Gasteiger charge is 2.33. The number of piperazine rings is 1. The molecule has 1 unspecified atom stereocenters. The first-order valence-corrected chi connectivity index (χ1v) is 8.61. The van der Waals surface area contributed by atoms with Crippen molar-refractivity contribution in [2.45, 2.75) is 51.5 Å². The number of aryl methyl sites for hydroxylation is 1. The third-order valence-electron chi connectivity index (χ3n) is 5.10. The third kappa shape index (κ3) is 3.47. The lowest BCUT2D eigenvalue weighted by Crippen LogP contribution is -2.56. The zero-order valence-electron chi connectivity index (χ0n) is 13.7. The number of nitrogens with zero attached hydrogens (tertiary/aromatic N) is 3. The molecule has 0 radical (unpaired) electrons. The van der Waals surface area contributed by atoms with Crippen molar-refractivity contribution in [1.29, 1.82) is 5.26 Å². The van der Waals surface area contributed by atoms with Crippen LogP contribution in [0.3, 0.4) is 0 Å². The highest BCUT2D eigenvalue weighted by molar-refractivity contribution is 5.86. The van der Waals surface area contributed by atoms with Gasteiger partial charge in [-0.05, 0) is 31.4 Å². The number of pyridine rings is 1. The second kappa shape index (κ2) is 6.99. The fourth-order valence-electron chi connectivity index (χ4n) is 3.79. The lowest BCUT2D eigenvalue weighted by molar-refractivity contribution is -0.123. The summed E-state index contributed by atoms with van der Waals surface area (Å²) < 4.78 is 0. The molecule has 0 spiro atoms. The number of rotatable bonds is 3. The van der Waals surface area contributed by atoms with E-state index in [1.165, 1.54) is 32.1 Å². The Kier molecular flexibility index (Phi) is 4.80. The Bertz CT molecular complexity index is 616. The van der Waals surface area contributed by atoms with Gasteiger partial charge in [0.15, 0.2) is 0 Å². The molecule has 2 aliphatic rings. The fourth-order valence-corrected chi connectivity index (χ4v) is 3.79. The Morgan fingerprint density at radius 2 is 2.13 bits per heavy atom. The topological polar surface area (TPSA) is 69.0 Å². The molecule has 122 valence electrons. The van der Waals surface area contributed by atoms with Crippen LogP contribution in [0.1, 0.15) is 49.8 Å². The van der Waals surface area contributed by atoms with Crippen molar-refractivity contribution in [3.8, 4) is 6.07 Å². The second-order valence-electron chi connectivity index (χ2n) is 6.65. The molecule has 23 heavy (non-hydrogen) atoms. The number of aromatic nitrogens is 1. The number of anilines is 1. The monoisotopic (exact) mass is 312 g/mol. The number of hydrogen-bond acceptors (Lipinski definition) is 4. The summed E-state index contributed by atoms with van der Waals surface area (Å²) in [6.45, 7) is 3.28. The first kappa shape index (κ1) is 15.8. The summed E-state index contributed by atoms with van der Waals surface area (Å²) in [7, 11) is 0. The lowest BCUT2D eigenvalue weighted by Gasteiger charge is -2.38. The highest BCUT2D eigenvalue weighted by Crippen LogP contribution is 2.30. The maximum Gasteiger partial charge on any atom is 0.242 e. The van der Waals surface area contributed by atoms with Crippen molar-refractivity contribution in [2.24, 2.45) is 5.92 Å². The molecular weight excluding hydrogens is 288 g/mol. The second-order valence-corrected chi connectivity index (χ2v) is 6.65. The van der Waals surface area contributed by atoms with Crippen LogP contribution in [0.25, 0.3) is 0 Å². The Morgan fingerprint density at radius 3 is 2.83 bits per heavy atom. The summed E-state index contributed by atoms with van der Waals surface area (Å²) in [5, 5.41) is 12.1. The molecule has 5 nitrogen and oxygen atoms in total. The summed E-state index contributed by atoms with van der Waals surface area (Å²) >= 11 is 0. The highest BCUT2D eigenvalue weighted by atomic mass is 16.2. The van der Waals surface area contributed by atoms with E-state index in [4.69, 9.17) is 5.26 Å². The van der Waals surface area contributed by atoms with Crippen LogP contribution >= 0.6 is 0 Å². The van der Waals surface area contributed by atoms with E-state index in [1.807, 2.05) is 19.1 Å². The van der Waals surface area contributed by atoms with Gasteiger partial charge in [0, 0.05) is 13.1 Å². The molecule has 1 aliphatic carbocycles. The molecule has 1 saturated carbocycles. The van der Waals surface area contributed by atoms with E-state index >= 15 is 0 Å². The predicted molar refractivity (Wildman–Crippen MR) is 89.0 cm³/mol. The van der Waals surface area contributed by atoms with E-state index in [2.05, 4.69) is 21.3 Å². The standard InChI is InChI=1S/C18H24N4O/c1-13-15(12-19)7-8-17(21-13)22-10-9-20-18(23)16(22)11-14-5-3-2-4-6-14/h7-8,14,16H,2-6,9-11H2,1H3,(H,20,23). The Hall–Kier alpha value is -2.09. The third-order valence-corrected chi connectivity index (χ3v) is 5.10. The van der Waals surface area contributed by atoms with Crippen molar-refractivity contribution in [3.05, 3.63) is 23.4 Å². The smallest absolute Gasteiger partial charge is 0.242 e. The summed E-state index contributed by atoms with van der Waals surface area (Å²) in [6.07, 6.45) is 7.27. The summed E-state index contributed by atoms with van der Waals surface area (Å²) in [5.74, 6) is 1.57. The molecule has 3 rings (SSSR count). The molecule has 1 N–H and O–H groups in total. The van der Waals surface area contributed by atoms with E-state index in [0.717, 1.165) is 24.5 Å². The Morgan fingerprint density at radius 1 is 1.35 bits per heavy atom. The van der Waals surface area contributed by atoms with Gasteiger partial charge in [0.1, 0.15) is 17.9 Å². The SMILES string of the molecule is Cc1nc(N2CCNC(=O)C2CC2CCCCC2)ccc1C#N. The number of nitriles is 1. The van der Waals surface area contributed by atoms with E-state index in [1.54, 1.807) is 0 Å². The summed E-state index contributed by atoms with van der Waals surface area (Å²) in [4.78, 5) is 19.1.